The highest BCUT2D eigenvalue weighted by atomic mass is 32.2. The minimum absolute atomic E-state index is 0.225. The van der Waals surface area contributed by atoms with Crippen LogP contribution in [0.3, 0.4) is 0 Å². The van der Waals surface area contributed by atoms with Gasteiger partial charge in [-0.3, -0.25) is 0 Å². The van der Waals surface area contributed by atoms with Crippen LogP contribution in [0.4, 0.5) is 4.39 Å². The second-order valence-electron chi connectivity index (χ2n) is 4.73. The van der Waals surface area contributed by atoms with E-state index in [4.69, 9.17) is 10.5 Å². The molecule has 0 aromatic carbocycles. The minimum Gasteiger partial charge on any atom is -0.393 e. The third kappa shape index (κ3) is 2.44. The number of nitrogens with zero attached hydrogens (tertiary/aromatic N) is 2. The van der Waals surface area contributed by atoms with Gasteiger partial charge in [-0.05, 0) is 12.3 Å². The van der Waals surface area contributed by atoms with Crippen LogP contribution in [0, 0.1) is 0 Å². The number of aliphatic imine (C=N–C) groups is 1. The van der Waals surface area contributed by atoms with E-state index in [9.17, 15) is 14.6 Å². The van der Waals surface area contributed by atoms with E-state index in [2.05, 4.69) is 11.6 Å². The van der Waals surface area contributed by atoms with Crippen LogP contribution in [0.5, 0.6) is 0 Å². The molecule has 0 bridgehead atoms. The third-order valence-electron chi connectivity index (χ3n) is 3.36. The molecule has 1 saturated heterocycles. The molecule has 20 heavy (non-hydrogen) atoms. The fourth-order valence-corrected chi connectivity index (χ4v) is 3.11. The molecule has 8 heteroatoms. The Morgan fingerprint density at radius 3 is 2.95 bits per heavy atom. The van der Waals surface area contributed by atoms with Gasteiger partial charge in [-0.2, -0.15) is 11.8 Å². The number of rotatable bonds is 4. The number of alkyl halides is 1. The van der Waals surface area contributed by atoms with E-state index in [1.165, 1.54) is 28.9 Å². The first kappa shape index (κ1) is 15.3. The lowest BCUT2D eigenvalue weighted by Crippen LogP contribution is -2.47. The molecule has 2 aliphatic heterocycles. The number of ether oxygens (including phenoxy) is 1. The predicted octanol–water partition coefficient (Wildman–Crippen LogP) is -0.207. The molecule has 4 N–H and O–H groups in total. The highest BCUT2D eigenvalue weighted by Crippen LogP contribution is 2.38. The third-order valence-corrected chi connectivity index (χ3v) is 4.14. The molecule has 0 aromatic rings. The van der Waals surface area contributed by atoms with Gasteiger partial charge >= 0.3 is 0 Å². The van der Waals surface area contributed by atoms with Gasteiger partial charge < -0.3 is 25.6 Å². The average Bonchev–Trinajstić information content (AvgIpc) is 2.65. The molecule has 0 amide bonds. The average molecular weight is 303 g/mol. The van der Waals surface area contributed by atoms with Gasteiger partial charge in [0, 0.05) is 12.0 Å². The van der Waals surface area contributed by atoms with Crippen LogP contribution >= 0.6 is 11.8 Å². The number of nitrogens with two attached hydrogens (primary N) is 1. The summed E-state index contributed by atoms with van der Waals surface area (Å²) in [6.07, 6.45) is 0.578. The van der Waals surface area contributed by atoms with Crippen molar-refractivity contribution in [3.63, 3.8) is 0 Å². The van der Waals surface area contributed by atoms with Crippen LogP contribution < -0.4 is 5.73 Å². The fraction of sp³-hybridized carbons (Fsp3) is 0.583. The van der Waals surface area contributed by atoms with E-state index in [0.717, 1.165) is 0 Å². The molecule has 1 fully saturated rings. The molecular weight excluding hydrogens is 285 g/mol. The van der Waals surface area contributed by atoms with Crippen LogP contribution in [0.1, 0.15) is 0 Å². The van der Waals surface area contributed by atoms with Crippen molar-refractivity contribution in [2.75, 3.05) is 18.6 Å². The van der Waals surface area contributed by atoms with Crippen molar-refractivity contribution in [2.24, 2.45) is 10.7 Å². The van der Waals surface area contributed by atoms with Crippen molar-refractivity contribution in [3.8, 4) is 0 Å². The normalized spacial score (nSPS) is 37.4. The van der Waals surface area contributed by atoms with Gasteiger partial charge in [0.2, 0.25) is 0 Å². The van der Waals surface area contributed by atoms with E-state index < -0.39 is 30.7 Å². The molecule has 0 aromatic heterocycles. The summed E-state index contributed by atoms with van der Waals surface area (Å²) in [5.74, 6) is 0.761. The lowest BCUT2D eigenvalue weighted by atomic mass is 9.99. The second kappa shape index (κ2) is 5.72. The standard InChI is InChI=1S/C12H18FN3O3S/c1-7-15-8(14)3-4-16(7)11-9(13)10(18)12(5-17,19-11)6-20-2/h3-4,9-11,17-18H,1,5-6H2,2H3,(H2,14,15)/t9-,10+,11-,12+/m1/s1. The second-order valence-corrected chi connectivity index (χ2v) is 5.60. The molecule has 4 atom stereocenters. The maximum absolute atomic E-state index is 14.4. The summed E-state index contributed by atoms with van der Waals surface area (Å²) in [4.78, 5) is 5.29. The largest absolute Gasteiger partial charge is 0.393 e. The van der Waals surface area contributed by atoms with Crippen LogP contribution in [-0.4, -0.2) is 63.7 Å². The van der Waals surface area contributed by atoms with Gasteiger partial charge in [-0.15, -0.1) is 0 Å². The van der Waals surface area contributed by atoms with Crippen LogP contribution in [-0.2, 0) is 4.74 Å². The number of aliphatic hydroxyl groups is 2. The van der Waals surface area contributed by atoms with Gasteiger partial charge in [0.1, 0.15) is 23.4 Å². The van der Waals surface area contributed by atoms with Crippen molar-refractivity contribution in [3.05, 3.63) is 24.7 Å². The maximum Gasteiger partial charge on any atom is 0.174 e. The molecular formula is C12H18FN3O3S. The lowest BCUT2D eigenvalue weighted by molar-refractivity contribution is -0.120. The van der Waals surface area contributed by atoms with Crippen LogP contribution in [0.15, 0.2) is 29.7 Å². The topological polar surface area (TPSA) is 91.3 Å². The zero-order valence-corrected chi connectivity index (χ0v) is 11.9. The molecule has 2 heterocycles. The number of aliphatic hydroxyl groups excluding tert-OH is 2. The Labute approximate surface area is 120 Å². The molecule has 6 nitrogen and oxygen atoms in total. The Kier molecular flexibility index (Phi) is 4.38. The van der Waals surface area contributed by atoms with E-state index in [-0.39, 0.29) is 17.4 Å². The molecule has 0 radical (unpaired) electrons. The summed E-state index contributed by atoms with van der Waals surface area (Å²) in [6, 6.07) is 0. The Morgan fingerprint density at radius 1 is 1.70 bits per heavy atom. The lowest BCUT2D eigenvalue weighted by Gasteiger charge is -2.32. The van der Waals surface area contributed by atoms with E-state index in [1.54, 1.807) is 6.26 Å². The van der Waals surface area contributed by atoms with Gasteiger partial charge in [-0.1, -0.05) is 6.58 Å². The fourth-order valence-electron chi connectivity index (χ4n) is 2.29. The smallest absolute Gasteiger partial charge is 0.174 e. The van der Waals surface area contributed by atoms with Crippen molar-refractivity contribution >= 4 is 17.6 Å². The summed E-state index contributed by atoms with van der Waals surface area (Å²) in [5.41, 5.74) is 4.19. The Morgan fingerprint density at radius 2 is 2.40 bits per heavy atom. The van der Waals surface area contributed by atoms with E-state index >= 15 is 0 Å². The zero-order chi connectivity index (χ0) is 14.9. The van der Waals surface area contributed by atoms with Gasteiger partial charge in [0.15, 0.2) is 12.4 Å². The first-order valence-corrected chi connectivity index (χ1v) is 7.44. The minimum atomic E-state index is -1.69. The monoisotopic (exact) mass is 303 g/mol. The van der Waals surface area contributed by atoms with Crippen LogP contribution in [0.25, 0.3) is 0 Å². The summed E-state index contributed by atoms with van der Waals surface area (Å²) in [5, 5.41) is 19.6. The zero-order valence-electron chi connectivity index (χ0n) is 11.1. The summed E-state index contributed by atoms with van der Waals surface area (Å²) in [6.45, 7) is 3.21. The molecule has 0 spiro atoms. The summed E-state index contributed by atoms with van der Waals surface area (Å²) in [7, 11) is 0. The van der Waals surface area contributed by atoms with Crippen molar-refractivity contribution in [1.29, 1.82) is 0 Å². The molecule has 0 aliphatic carbocycles. The summed E-state index contributed by atoms with van der Waals surface area (Å²) >= 11 is 1.36. The van der Waals surface area contributed by atoms with Crippen LogP contribution in [0.2, 0.25) is 0 Å². The Balaban J connectivity index is 2.23. The van der Waals surface area contributed by atoms with Gasteiger partial charge in [-0.25, -0.2) is 9.38 Å². The molecule has 112 valence electrons. The first-order valence-electron chi connectivity index (χ1n) is 6.04. The Bertz CT molecular complexity index is 459. The molecule has 2 aliphatic rings. The highest BCUT2D eigenvalue weighted by Gasteiger charge is 2.56. The van der Waals surface area contributed by atoms with Crippen molar-refractivity contribution in [2.45, 2.75) is 24.1 Å². The van der Waals surface area contributed by atoms with Crippen molar-refractivity contribution in [1.82, 2.24) is 4.90 Å². The number of thioether (sulfide) groups is 1. The number of hydrogen-bond donors (Lipinski definition) is 3. The SMILES string of the molecule is C=C1N=C(N)C=CN1[C@@H]1O[C@@](CO)(CSC)[C@@H](O)[C@H]1F. The number of amidine groups is 1. The van der Waals surface area contributed by atoms with E-state index in [1.807, 2.05) is 0 Å². The van der Waals surface area contributed by atoms with E-state index in [0.29, 0.717) is 0 Å². The number of hydrogen-bond acceptors (Lipinski definition) is 7. The molecule has 0 unspecified atom stereocenters. The Hall–Kier alpha value is -1.09. The molecule has 0 saturated carbocycles. The maximum atomic E-state index is 14.4. The first-order chi connectivity index (χ1) is 9.45. The van der Waals surface area contributed by atoms with Gasteiger partial charge in [0.25, 0.3) is 0 Å². The predicted molar refractivity (Wildman–Crippen MR) is 75.7 cm³/mol. The molecule has 2 rings (SSSR count). The number of halogens is 1. The van der Waals surface area contributed by atoms with Crippen molar-refractivity contribution < 1.29 is 19.3 Å². The summed E-state index contributed by atoms with van der Waals surface area (Å²) < 4.78 is 20.0. The quantitative estimate of drug-likeness (QED) is 0.666. The van der Waals surface area contributed by atoms with Gasteiger partial charge in [0.05, 0.1) is 6.61 Å². The highest BCUT2D eigenvalue weighted by molar-refractivity contribution is 7.98.